The zero-order valence-corrected chi connectivity index (χ0v) is 58.1. The van der Waals surface area contributed by atoms with E-state index in [9.17, 15) is 0 Å². The number of aryl methyl sites for hydroxylation is 2. The molecule has 0 saturated heterocycles. The Bertz CT molecular complexity index is 4640. The van der Waals surface area contributed by atoms with E-state index in [1.807, 2.05) is 0 Å². The molecular formula is C90H92BN3. The SMILES string of the molecule is CCCCc1ccc2c(c1)B1c3ccc(-n4c5ccc(C(C)(C)C)cc5c5cc(C(C)(C)C)ccc54)cc3N(c3c(-c4ccccc4)cc(C(C)(C)C)cc3-c3ccccc3)c3cc(CCCC)cc(c31)N2c1c(-c2ccccc2)cc(C(C)(C)C)cc1-c1ccccc1. The van der Waals surface area contributed by atoms with Crippen molar-refractivity contribution >= 4 is 79.0 Å². The van der Waals surface area contributed by atoms with Crippen molar-refractivity contribution in [3.8, 4) is 50.2 Å². The zero-order chi connectivity index (χ0) is 65.6. The van der Waals surface area contributed by atoms with E-state index in [-0.39, 0.29) is 28.4 Å². The Labute approximate surface area is 561 Å². The molecule has 3 nitrogen and oxygen atoms in total. The van der Waals surface area contributed by atoms with E-state index in [2.05, 4.69) is 342 Å². The maximum atomic E-state index is 2.77. The van der Waals surface area contributed by atoms with Crippen LogP contribution in [0, 0.1) is 0 Å². The van der Waals surface area contributed by atoms with Crippen molar-refractivity contribution in [2.75, 3.05) is 9.80 Å². The van der Waals surface area contributed by atoms with Crippen molar-refractivity contribution in [2.45, 2.75) is 157 Å². The number of anilines is 6. The van der Waals surface area contributed by atoms with Crippen LogP contribution in [0.1, 0.15) is 156 Å². The van der Waals surface area contributed by atoms with Crippen LogP contribution in [0.15, 0.2) is 231 Å². The smallest absolute Gasteiger partial charge is 0.252 e. The van der Waals surface area contributed by atoms with Crippen LogP contribution in [0.5, 0.6) is 0 Å². The molecule has 2 aliphatic rings. The number of unbranched alkanes of at least 4 members (excludes halogenated alkanes) is 2. The Morgan fingerprint density at radius 3 is 1.11 bits per heavy atom. The maximum absolute atomic E-state index is 2.77. The van der Waals surface area contributed by atoms with Crippen LogP contribution in [0.25, 0.3) is 72.0 Å². The van der Waals surface area contributed by atoms with Gasteiger partial charge in [0.2, 0.25) is 0 Å². The first kappa shape index (κ1) is 62.3. The summed E-state index contributed by atoms with van der Waals surface area (Å²) in [5.74, 6) is 0. The normalized spacial score (nSPS) is 13.2. The molecule has 2 aliphatic heterocycles. The average molecular weight is 1230 g/mol. The van der Waals surface area contributed by atoms with Crippen molar-refractivity contribution in [1.82, 2.24) is 4.57 Å². The van der Waals surface area contributed by atoms with Gasteiger partial charge >= 0.3 is 0 Å². The minimum Gasteiger partial charge on any atom is -0.310 e. The molecule has 0 fully saturated rings. The molecule has 11 aromatic carbocycles. The van der Waals surface area contributed by atoms with E-state index in [0.29, 0.717) is 0 Å². The van der Waals surface area contributed by atoms with Crippen molar-refractivity contribution in [3.63, 3.8) is 0 Å². The third-order valence-corrected chi connectivity index (χ3v) is 20.3. The van der Waals surface area contributed by atoms with Gasteiger partial charge in [-0.1, -0.05) is 261 Å². The number of nitrogens with zero attached hydrogens (tertiary/aromatic N) is 3. The molecule has 470 valence electrons. The number of benzene rings is 11. The lowest BCUT2D eigenvalue weighted by Gasteiger charge is -2.46. The summed E-state index contributed by atoms with van der Waals surface area (Å²) in [6.45, 7) is 32.8. The van der Waals surface area contributed by atoms with Gasteiger partial charge in [-0.05, 0) is 198 Å². The van der Waals surface area contributed by atoms with Gasteiger partial charge in [-0.2, -0.15) is 0 Å². The van der Waals surface area contributed by atoms with E-state index in [4.69, 9.17) is 0 Å². The molecule has 0 unspecified atom stereocenters. The standard InChI is InChI=1S/C90H92BN3/c1-15-17-31-59-41-46-80-77(49-59)91-76-45-44-69(92-78-47-42-65(87(3,4)5)52-74(78)75-53-66(88(6,7)8)43-48-79(75)92)58-81(76)94(86-72(63-37-27-21-28-38-63)56-68(90(12,13)14)57-73(86)64-39-29-22-30-40-64)83-51-60(32-18-16-2)50-82(84(83)91)93(80)85-70(61-33-23-19-24-34-61)54-67(89(9,10)11)55-71(85)62-35-25-20-26-36-62/h19-30,33-58H,15-18,31-32H2,1-14H3. The molecule has 12 aromatic rings. The van der Waals surface area contributed by atoms with Gasteiger partial charge in [-0.25, -0.2) is 0 Å². The van der Waals surface area contributed by atoms with Gasteiger partial charge in [0.1, 0.15) is 0 Å². The Hall–Kier alpha value is -9.12. The third kappa shape index (κ3) is 11.2. The van der Waals surface area contributed by atoms with Crippen molar-refractivity contribution in [3.05, 3.63) is 264 Å². The molecule has 0 spiro atoms. The number of fused-ring (bicyclic) bond motifs is 7. The van der Waals surface area contributed by atoms with Gasteiger partial charge in [0.15, 0.2) is 0 Å². The van der Waals surface area contributed by atoms with Gasteiger partial charge in [0, 0.05) is 61.5 Å². The number of hydrogen-bond donors (Lipinski definition) is 0. The predicted molar refractivity (Wildman–Crippen MR) is 409 cm³/mol. The summed E-state index contributed by atoms with van der Waals surface area (Å²) in [5, 5.41) is 2.57. The second-order valence-electron chi connectivity index (χ2n) is 31.1. The first-order valence-corrected chi connectivity index (χ1v) is 34.8. The summed E-state index contributed by atoms with van der Waals surface area (Å²) < 4.78 is 2.58. The first-order valence-electron chi connectivity index (χ1n) is 34.8. The summed E-state index contributed by atoms with van der Waals surface area (Å²) >= 11 is 0. The summed E-state index contributed by atoms with van der Waals surface area (Å²) in [6.07, 6.45) is 6.35. The molecular weight excluding hydrogens is 1130 g/mol. The Kier molecular flexibility index (Phi) is 15.9. The first-order chi connectivity index (χ1) is 45.1. The van der Waals surface area contributed by atoms with Gasteiger partial charge in [0.25, 0.3) is 6.71 Å². The van der Waals surface area contributed by atoms with Crippen LogP contribution in [-0.2, 0) is 34.5 Å². The molecule has 4 heteroatoms. The second kappa shape index (κ2) is 24.0. The summed E-state index contributed by atoms with van der Waals surface area (Å²) in [6, 6.07) is 90.1. The van der Waals surface area contributed by atoms with E-state index in [0.717, 1.165) is 44.2 Å². The molecule has 0 atom stereocenters. The highest BCUT2D eigenvalue weighted by atomic mass is 15.2. The molecule has 0 saturated carbocycles. The second-order valence-corrected chi connectivity index (χ2v) is 31.1. The fourth-order valence-electron chi connectivity index (χ4n) is 15.0. The average Bonchev–Trinajstić information content (AvgIpc) is 0.721. The molecule has 94 heavy (non-hydrogen) atoms. The van der Waals surface area contributed by atoms with Gasteiger partial charge in [-0.15, -0.1) is 0 Å². The van der Waals surface area contributed by atoms with Gasteiger partial charge in [0.05, 0.1) is 22.4 Å². The lowest BCUT2D eigenvalue weighted by molar-refractivity contribution is 0.590. The maximum Gasteiger partial charge on any atom is 0.252 e. The Balaban J connectivity index is 1.17. The van der Waals surface area contributed by atoms with Crippen LogP contribution >= 0.6 is 0 Å². The molecule has 0 N–H and O–H groups in total. The van der Waals surface area contributed by atoms with Gasteiger partial charge in [-0.3, -0.25) is 0 Å². The van der Waals surface area contributed by atoms with E-state index in [1.165, 1.54) is 150 Å². The minimum atomic E-state index is -0.158. The lowest BCUT2D eigenvalue weighted by Crippen LogP contribution is -2.61. The molecule has 3 heterocycles. The van der Waals surface area contributed by atoms with Crippen LogP contribution in [0.4, 0.5) is 34.1 Å². The van der Waals surface area contributed by atoms with Crippen molar-refractivity contribution < 1.29 is 0 Å². The molecule has 1 aromatic heterocycles. The largest absolute Gasteiger partial charge is 0.310 e. The van der Waals surface area contributed by atoms with Crippen LogP contribution < -0.4 is 26.2 Å². The van der Waals surface area contributed by atoms with Crippen LogP contribution in [-0.4, -0.2) is 11.3 Å². The minimum absolute atomic E-state index is 0.0291. The molecule has 0 amide bonds. The monoisotopic (exact) mass is 1230 g/mol. The van der Waals surface area contributed by atoms with E-state index in [1.54, 1.807) is 0 Å². The highest BCUT2D eigenvalue weighted by Crippen LogP contribution is 2.55. The number of hydrogen-bond acceptors (Lipinski definition) is 2. The van der Waals surface area contributed by atoms with E-state index < -0.39 is 0 Å². The van der Waals surface area contributed by atoms with Crippen LogP contribution in [0.3, 0.4) is 0 Å². The molecule has 0 radical (unpaired) electrons. The quantitative estimate of drug-likeness (QED) is 0.107. The zero-order valence-electron chi connectivity index (χ0n) is 58.1. The van der Waals surface area contributed by atoms with Crippen molar-refractivity contribution in [1.29, 1.82) is 0 Å². The third-order valence-electron chi connectivity index (χ3n) is 20.3. The van der Waals surface area contributed by atoms with E-state index >= 15 is 0 Å². The van der Waals surface area contributed by atoms with Gasteiger partial charge < -0.3 is 14.4 Å². The highest BCUT2D eigenvalue weighted by molar-refractivity contribution is 7.00. The fraction of sp³-hybridized carbons (Fsp3) is 0.267. The van der Waals surface area contributed by atoms with Crippen molar-refractivity contribution in [2.24, 2.45) is 0 Å². The number of rotatable bonds is 13. The summed E-state index contributed by atoms with van der Waals surface area (Å²) in [5.41, 5.74) is 32.1. The fourth-order valence-corrected chi connectivity index (χ4v) is 15.0. The molecule has 0 bridgehead atoms. The summed E-state index contributed by atoms with van der Waals surface area (Å²) in [4.78, 5) is 5.51. The number of aromatic nitrogens is 1. The summed E-state index contributed by atoms with van der Waals surface area (Å²) in [7, 11) is 0. The Morgan fingerprint density at radius 2 is 0.713 bits per heavy atom. The lowest BCUT2D eigenvalue weighted by atomic mass is 9.33. The van der Waals surface area contributed by atoms with Crippen LogP contribution in [0.2, 0.25) is 0 Å². The highest BCUT2D eigenvalue weighted by Gasteiger charge is 2.46. The Morgan fingerprint density at radius 1 is 0.319 bits per heavy atom. The topological polar surface area (TPSA) is 11.4 Å². The predicted octanol–water partition coefficient (Wildman–Crippen LogP) is 23.4. The molecule has 0 aliphatic carbocycles. The molecule has 14 rings (SSSR count).